The molecule has 36 heavy (non-hydrogen) atoms. The summed E-state index contributed by atoms with van der Waals surface area (Å²) in [7, 11) is 0. The van der Waals surface area contributed by atoms with Crippen molar-refractivity contribution in [1.29, 1.82) is 0 Å². The number of amides is 1. The van der Waals surface area contributed by atoms with Crippen molar-refractivity contribution in [3.8, 4) is 11.3 Å². The predicted octanol–water partition coefficient (Wildman–Crippen LogP) is 4.53. The van der Waals surface area contributed by atoms with Crippen LogP contribution in [-0.4, -0.2) is 58.0 Å². The third kappa shape index (κ3) is 4.25. The number of carbonyl (C=O) groups is 1. The zero-order valence-electron chi connectivity index (χ0n) is 19.8. The molecule has 0 radical (unpaired) electrons. The van der Waals surface area contributed by atoms with Crippen molar-refractivity contribution in [2.75, 3.05) is 31.1 Å². The van der Waals surface area contributed by atoms with E-state index in [0.29, 0.717) is 36.4 Å². The zero-order valence-corrected chi connectivity index (χ0v) is 20.8. The van der Waals surface area contributed by atoms with Crippen LogP contribution in [0.3, 0.4) is 0 Å². The number of aryl methyl sites for hydroxylation is 1. The van der Waals surface area contributed by atoms with Gasteiger partial charge in [0, 0.05) is 31.4 Å². The Morgan fingerprint density at radius 3 is 2.75 bits per heavy atom. The number of halogens is 1. The Morgan fingerprint density at radius 1 is 1.22 bits per heavy atom. The molecule has 1 saturated heterocycles. The molecular weight excluding hydrogens is 475 g/mol. The molecule has 2 aromatic carbocycles. The van der Waals surface area contributed by atoms with E-state index >= 15 is 4.39 Å². The minimum Gasteiger partial charge on any atom is -0.352 e. The van der Waals surface area contributed by atoms with Crippen molar-refractivity contribution in [2.45, 2.75) is 13.0 Å². The zero-order chi connectivity index (χ0) is 24.5. The molecule has 0 bridgehead atoms. The molecule has 2 aromatic heterocycles. The molecule has 0 unspecified atom stereocenters. The smallest absolute Gasteiger partial charge is 0.246 e. The molecule has 1 aliphatic heterocycles. The number of hydrogen-bond acceptors (Lipinski definition) is 5. The number of carbonyl (C=O) groups excluding carboxylic acids is 1. The predicted molar refractivity (Wildman–Crippen MR) is 145 cm³/mol. The lowest BCUT2D eigenvalue weighted by atomic mass is 9.97. The topological polar surface area (TPSA) is 66.6 Å². The van der Waals surface area contributed by atoms with Gasteiger partial charge >= 0.3 is 0 Å². The average Bonchev–Trinajstić information content (AvgIpc) is 2.88. The molecule has 7 nitrogen and oxygen atoms in total. The van der Waals surface area contributed by atoms with E-state index in [0.717, 1.165) is 16.3 Å². The van der Waals surface area contributed by atoms with Crippen molar-refractivity contribution in [3.05, 3.63) is 84.4 Å². The van der Waals surface area contributed by atoms with Gasteiger partial charge in [0.2, 0.25) is 12.5 Å². The minimum atomic E-state index is -0.500. The van der Waals surface area contributed by atoms with Crippen molar-refractivity contribution in [3.63, 3.8) is 0 Å². The van der Waals surface area contributed by atoms with Gasteiger partial charge in [0.05, 0.1) is 5.39 Å². The van der Waals surface area contributed by atoms with Crippen LogP contribution in [0.25, 0.3) is 37.8 Å². The van der Waals surface area contributed by atoms with Crippen LogP contribution in [0.5, 0.6) is 0 Å². The largest absolute Gasteiger partial charge is 0.352 e. The number of aromatic nitrogens is 3. The van der Waals surface area contributed by atoms with E-state index in [1.165, 1.54) is 12.4 Å². The summed E-state index contributed by atoms with van der Waals surface area (Å²) >= 11 is 0. The second-order valence-corrected chi connectivity index (χ2v) is 8.54. The lowest BCUT2D eigenvalue weighted by molar-refractivity contribution is -0.128. The maximum atomic E-state index is 15.9. The third-order valence-electron chi connectivity index (χ3n) is 6.51. The molecule has 1 amide bonds. The Labute approximate surface area is 215 Å². The van der Waals surface area contributed by atoms with E-state index in [2.05, 4.69) is 26.4 Å². The third-order valence-corrected chi connectivity index (χ3v) is 6.51. The maximum absolute atomic E-state index is 15.9. The SMILES string of the molecule is S.[C-]#[N+]C[C@H]1CN(c2ncnc3c(F)c(-c4cccc5cccc(C)c45)ncc23)CCN1C(=O)C=C. The lowest BCUT2D eigenvalue weighted by Crippen LogP contribution is -2.56. The molecule has 1 atom stereocenters. The number of piperazine rings is 1. The van der Waals surface area contributed by atoms with Gasteiger partial charge in [0.25, 0.3) is 0 Å². The normalized spacial score (nSPS) is 15.4. The summed E-state index contributed by atoms with van der Waals surface area (Å²) in [4.78, 5) is 32.6. The Balaban J connectivity index is 0.00000304. The van der Waals surface area contributed by atoms with E-state index in [-0.39, 0.29) is 43.2 Å². The van der Waals surface area contributed by atoms with Crippen LogP contribution in [0.4, 0.5) is 10.2 Å². The monoisotopic (exact) mass is 500 g/mol. The van der Waals surface area contributed by atoms with E-state index in [9.17, 15) is 4.79 Å². The van der Waals surface area contributed by atoms with Crippen LogP contribution in [-0.2, 0) is 4.79 Å². The van der Waals surface area contributed by atoms with Gasteiger partial charge in [-0.3, -0.25) is 9.78 Å². The first kappa shape index (κ1) is 25.1. The fourth-order valence-corrected chi connectivity index (χ4v) is 4.86. The van der Waals surface area contributed by atoms with Crippen LogP contribution in [0, 0.1) is 19.3 Å². The molecule has 0 aliphatic carbocycles. The lowest BCUT2D eigenvalue weighted by Gasteiger charge is -2.39. The van der Waals surface area contributed by atoms with E-state index in [4.69, 9.17) is 6.57 Å². The molecule has 182 valence electrons. The standard InChI is InChI=1S/C27H23FN6O.H2S/c1-4-22(35)34-12-11-33(15-19(34)13-29-3)27-21-14-30-25(24(28)26(21)31-16-32-27)20-10-6-9-18-8-5-7-17(2)23(18)20;/h4-10,14,16,19H,1,11-13,15H2,2H3;1H2/t19-;/m0./s1. The molecule has 5 rings (SSSR count). The second kappa shape index (κ2) is 10.3. The number of hydrogen-bond donors (Lipinski definition) is 0. The first-order valence-corrected chi connectivity index (χ1v) is 11.3. The molecule has 9 heteroatoms. The van der Waals surface area contributed by atoms with Crippen LogP contribution >= 0.6 is 13.5 Å². The highest BCUT2D eigenvalue weighted by Crippen LogP contribution is 2.35. The molecule has 1 fully saturated rings. The number of rotatable bonds is 4. The van der Waals surface area contributed by atoms with E-state index in [1.54, 1.807) is 11.1 Å². The van der Waals surface area contributed by atoms with Crippen molar-refractivity contribution in [2.24, 2.45) is 0 Å². The number of anilines is 1. The average molecular weight is 501 g/mol. The van der Waals surface area contributed by atoms with Gasteiger partial charge in [-0.2, -0.15) is 13.5 Å². The quantitative estimate of drug-likeness (QED) is 0.304. The summed E-state index contributed by atoms with van der Waals surface area (Å²) < 4.78 is 15.9. The summed E-state index contributed by atoms with van der Waals surface area (Å²) in [5.74, 6) is -0.156. The molecule has 1 aliphatic rings. The number of benzene rings is 2. The van der Waals surface area contributed by atoms with Gasteiger partial charge in [0.15, 0.2) is 5.82 Å². The fourth-order valence-electron chi connectivity index (χ4n) is 4.86. The Bertz CT molecular complexity index is 1510. The molecule has 0 spiro atoms. The highest BCUT2D eigenvalue weighted by Gasteiger charge is 2.33. The van der Waals surface area contributed by atoms with Gasteiger partial charge in [-0.1, -0.05) is 43.0 Å². The summed E-state index contributed by atoms with van der Waals surface area (Å²) in [6.07, 6.45) is 4.23. The second-order valence-electron chi connectivity index (χ2n) is 8.54. The summed E-state index contributed by atoms with van der Waals surface area (Å²) in [5, 5.41) is 2.47. The maximum Gasteiger partial charge on any atom is 0.246 e. The van der Waals surface area contributed by atoms with Gasteiger partial charge in [-0.05, 0) is 29.3 Å². The Kier molecular flexibility index (Phi) is 7.17. The van der Waals surface area contributed by atoms with Crippen LogP contribution in [0.2, 0.25) is 0 Å². The van der Waals surface area contributed by atoms with Crippen LogP contribution in [0.1, 0.15) is 5.56 Å². The Hall–Kier alpha value is -4.03. The molecule has 0 N–H and O–H groups in total. The van der Waals surface area contributed by atoms with Gasteiger partial charge in [-0.15, -0.1) is 0 Å². The highest BCUT2D eigenvalue weighted by molar-refractivity contribution is 7.59. The summed E-state index contributed by atoms with van der Waals surface area (Å²) in [5.41, 5.74) is 2.20. The first-order chi connectivity index (χ1) is 17.0. The van der Waals surface area contributed by atoms with Crippen molar-refractivity contribution < 1.29 is 9.18 Å². The highest BCUT2D eigenvalue weighted by atomic mass is 32.1. The van der Waals surface area contributed by atoms with Crippen molar-refractivity contribution >= 4 is 46.9 Å². The fraction of sp³-hybridized carbons (Fsp3) is 0.222. The van der Waals surface area contributed by atoms with Gasteiger partial charge in [-0.25, -0.2) is 20.9 Å². The van der Waals surface area contributed by atoms with Crippen LogP contribution < -0.4 is 4.90 Å². The van der Waals surface area contributed by atoms with Gasteiger partial charge < -0.3 is 14.6 Å². The minimum absolute atomic E-state index is 0. The molecule has 3 heterocycles. The molecule has 4 aromatic rings. The number of fused-ring (bicyclic) bond motifs is 2. The number of pyridine rings is 1. The molecule has 0 saturated carbocycles. The first-order valence-electron chi connectivity index (χ1n) is 11.3. The van der Waals surface area contributed by atoms with E-state index in [1.807, 2.05) is 48.2 Å². The summed E-state index contributed by atoms with van der Waals surface area (Å²) in [6.45, 7) is 14.3. The van der Waals surface area contributed by atoms with Gasteiger partial charge in [0.1, 0.15) is 29.4 Å². The van der Waals surface area contributed by atoms with E-state index < -0.39 is 5.82 Å². The van der Waals surface area contributed by atoms with Crippen molar-refractivity contribution in [1.82, 2.24) is 19.9 Å². The summed E-state index contributed by atoms with van der Waals surface area (Å²) in [6, 6.07) is 11.4. The van der Waals surface area contributed by atoms with Crippen LogP contribution in [0.15, 0.2) is 61.6 Å². The number of nitrogens with zero attached hydrogens (tertiary/aromatic N) is 6. The molecular formula is C27H25FN6OS. The Morgan fingerprint density at radius 2 is 2.00 bits per heavy atom.